The molecule has 6 heterocycles. The largest absolute Gasteiger partial charge is 0.497 e. The second kappa shape index (κ2) is 33.3. The first kappa shape index (κ1) is 70.5. The van der Waals surface area contributed by atoms with E-state index in [2.05, 4.69) is 97.2 Å². The van der Waals surface area contributed by atoms with E-state index in [9.17, 15) is 14.7 Å². The summed E-state index contributed by atoms with van der Waals surface area (Å²) < 4.78 is 39.8. The van der Waals surface area contributed by atoms with Crippen LogP contribution in [0.2, 0.25) is 0 Å². The van der Waals surface area contributed by atoms with E-state index in [1.807, 2.05) is 114 Å². The van der Waals surface area contributed by atoms with E-state index in [0.717, 1.165) is 89.8 Å². The van der Waals surface area contributed by atoms with Crippen LogP contribution in [0.15, 0.2) is 205 Å². The average molecular weight is 1420 g/mol. The fraction of sp³-hybridized carbons (Fsp3) is 0.286. The van der Waals surface area contributed by atoms with Gasteiger partial charge in [-0.1, -0.05) is 136 Å². The molecule has 2 atom stereocenters. The fourth-order valence-electron chi connectivity index (χ4n) is 14.8. The summed E-state index contributed by atoms with van der Waals surface area (Å²) in [6, 6.07) is 60.2. The van der Waals surface area contributed by atoms with Gasteiger partial charge in [-0.2, -0.15) is 0 Å². The number of carbonyl (C=O) groups excluding carboxylic acids is 1. The summed E-state index contributed by atoms with van der Waals surface area (Å²) in [4.78, 5) is 34.5. The number of nitrogens with one attached hydrogen (secondary N) is 1. The molecule has 0 unspecified atom stereocenters. The molecule has 2 fully saturated rings. The summed E-state index contributed by atoms with van der Waals surface area (Å²) in [7, 11) is 3.35. The number of thiazole rings is 2. The Bertz CT molecular complexity index is 4770. The monoisotopic (exact) mass is 1420 g/mol. The Morgan fingerprint density at radius 3 is 1.45 bits per heavy atom. The number of carbonyl (C=O) groups is 2. The van der Waals surface area contributed by atoms with Crippen molar-refractivity contribution >= 4 is 68.8 Å². The number of aromatic nitrogens is 4. The molecule has 0 spiro atoms. The number of aromatic carboxylic acids is 1. The summed E-state index contributed by atoms with van der Waals surface area (Å²) in [5, 5.41) is 21.0. The van der Waals surface area contributed by atoms with E-state index >= 15 is 0 Å². The van der Waals surface area contributed by atoms with Gasteiger partial charge in [0, 0.05) is 73.8 Å². The number of benzene rings is 8. The number of methoxy groups -OCH3 is 2. The second-order valence-electron chi connectivity index (χ2n) is 26.3. The molecule has 0 bridgehead atoms. The van der Waals surface area contributed by atoms with Crippen molar-refractivity contribution in [2.75, 3.05) is 27.4 Å². The van der Waals surface area contributed by atoms with Crippen LogP contribution in [0.25, 0.3) is 44.3 Å². The molecule has 524 valence electrons. The third-order valence-electron chi connectivity index (χ3n) is 19.8. The second-order valence-corrected chi connectivity index (χ2v) is 28.2. The number of nitrogens with zero attached hydrogens (tertiary/aromatic N) is 4. The van der Waals surface area contributed by atoms with Crippen LogP contribution in [0.4, 0.5) is 0 Å². The van der Waals surface area contributed by atoms with Crippen LogP contribution in [0.3, 0.4) is 0 Å². The van der Waals surface area contributed by atoms with E-state index in [4.69, 9.17) is 34.2 Å². The van der Waals surface area contributed by atoms with Crippen LogP contribution in [-0.4, -0.2) is 63.5 Å². The first-order valence-electron chi connectivity index (χ1n) is 35.2. The van der Waals surface area contributed by atoms with Crippen molar-refractivity contribution in [3.63, 3.8) is 0 Å². The standard InChI is InChI=1S/C42H41N3O4S.C24H25NO4.C18H18N2OS.ClH/c1-47-33-17-19-35-38(26-33)48-22-21-45-37-25-31(14-18-34(37)39(40(35)45)30-10-6-3-7-11-30)41(46)44-36(42-43-20-23-50-42)24-28-12-15-32(16-13-28)49-27-29-8-4-2-5-9-29;1-28-17-8-10-19-21(14-17)29-12-11-25-20-13-16(24(26)27)7-9-18(20)22(23(19)25)15-5-3-2-4-6-15;19-17(18-20-10-11-22-18)12-14-6-8-16(9-7-14)21-13-15-4-2-1-3-5-15;/h2,4-5,8-9,12-20,23,25-26,30,36H,3,6-7,10-11,21-22,24,27H2,1H3,(H,44,46);7-10,13-15H,2-6,11-12H2,1H3,(H,26,27);1-11,17H,12-13,19H2;1H/t36-;;17-;/m0.0./s1. The summed E-state index contributed by atoms with van der Waals surface area (Å²) in [5.74, 6) is 4.89. The van der Waals surface area contributed by atoms with Gasteiger partial charge in [-0.25, -0.2) is 14.8 Å². The number of amides is 1. The maximum atomic E-state index is 14.1. The van der Waals surface area contributed by atoms with Crippen molar-refractivity contribution in [3.8, 4) is 57.0 Å². The quantitative estimate of drug-likeness (QED) is 0.0697. The van der Waals surface area contributed by atoms with Crippen LogP contribution in [-0.2, 0) is 39.1 Å². The molecule has 15 nitrogen and oxygen atoms in total. The molecule has 0 saturated heterocycles. The topological polar surface area (TPSA) is 183 Å². The summed E-state index contributed by atoms with van der Waals surface area (Å²) in [5.41, 5.74) is 21.1. The summed E-state index contributed by atoms with van der Waals surface area (Å²) in [6.07, 6.45) is 17.3. The molecule has 0 radical (unpaired) electrons. The molecular weight excluding hydrogens is 1340 g/mol. The maximum absolute atomic E-state index is 14.1. The lowest BCUT2D eigenvalue weighted by molar-refractivity contribution is 0.0696. The zero-order chi connectivity index (χ0) is 69.0. The van der Waals surface area contributed by atoms with Crippen molar-refractivity contribution < 1.29 is 43.1 Å². The van der Waals surface area contributed by atoms with Crippen molar-refractivity contribution in [2.24, 2.45) is 5.73 Å². The van der Waals surface area contributed by atoms with E-state index in [0.29, 0.717) is 68.9 Å². The lowest BCUT2D eigenvalue weighted by Gasteiger charge is -2.23. The minimum Gasteiger partial charge on any atom is -0.497 e. The molecule has 4 aromatic heterocycles. The van der Waals surface area contributed by atoms with E-state index in [1.165, 1.54) is 103 Å². The third-order valence-corrected chi connectivity index (χ3v) is 21.6. The van der Waals surface area contributed by atoms with Crippen LogP contribution >= 0.6 is 35.1 Å². The highest BCUT2D eigenvalue weighted by Gasteiger charge is 2.33. The lowest BCUT2D eigenvalue weighted by Crippen LogP contribution is -2.30. The van der Waals surface area contributed by atoms with Gasteiger partial charge in [0.05, 0.1) is 56.3 Å². The minimum absolute atomic E-state index is 0. The number of ether oxygens (including phenoxy) is 6. The molecule has 16 rings (SSSR count). The highest BCUT2D eigenvalue weighted by Crippen LogP contribution is 2.50. The van der Waals surface area contributed by atoms with Crippen molar-refractivity contribution in [3.05, 3.63) is 260 Å². The predicted molar refractivity (Wildman–Crippen MR) is 408 cm³/mol. The molecule has 2 aliphatic carbocycles. The highest BCUT2D eigenvalue weighted by molar-refractivity contribution is 7.09. The molecule has 102 heavy (non-hydrogen) atoms. The van der Waals surface area contributed by atoms with Crippen molar-refractivity contribution in [2.45, 2.75) is 127 Å². The normalized spacial score (nSPS) is 14.7. The molecule has 2 aliphatic heterocycles. The van der Waals surface area contributed by atoms with Gasteiger partial charge in [0.2, 0.25) is 0 Å². The van der Waals surface area contributed by atoms with Crippen LogP contribution in [0, 0.1) is 0 Å². The third kappa shape index (κ3) is 16.2. The highest BCUT2D eigenvalue weighted by atomic mass is 35.5. The first-order chi connectivity index (χ1) is 49.6. The smallest absolute Gasteiger partial charge is 0.335 e. The van der Waals surface area contributed by atoms with Gasteiger partial charge in [0.25, 0.3) is 5.91 Å². The zero-order valence-corrected chi connectivity index (χ0v) is 59.9. The summed E-state index contributed by atoms with van der Waals surface area (Å²) >= 11 is 3.16. The number of hydrogen-bond donors (Lipinski definition) is 3. The number of rotatable bonds is 19. The molecule has 2 saturated carbocycles. The molecular formula is C84H85ClN6O9S2. The van der Waals surface area contributed by atoms with Crippen molar-refractivity contribution in [1.29, 1.82) is 0 Å². The fourth-order valence-corrected chi connectivity index (χ4v) is 16.2. The SMILES string of the molecule is COc1ccc2c(c1)OCCn1c-2c(C2CCCCC2)c2ccc(C(=O)N[C@@H](Cc3ccc(OCc4ccccc4)cc3)c3nccs3)cc21.COc1ccc2c(c1)OCCn1c-2c(C2CCCCC2)c2ccc(C(=O)O)cc21.Cl.N[C@@H](Cc1ccc(OCc2ccccc2)cc1)c1nccs1. The number of nitrogens with two attached hydrogens (primary N) is 1. The Balaban J connectivity index is 0.000000150. The number of halogens is 1. The molecule has 4 N–H and O–H groups in total. The number of carboxylic acid groups (broad SMARTS) is 1. The van der Waals surface area contributed by atoms with Gasteiger partial charge >= 0.3 is 5.97 Å². The van der Waals surface area contributed by atoms with Crippen LogP contribution in [0.5, 0.6) is 34.5 Å². The molecule has 8 aromatic carbocycles. The van der Waals surface area contributed by atoms with Gasteiger partial charge in [0.1, 0.15) is 70.9 Å². The van der Waals surface area contributed by atoms with Gasteiger partial charge in [-0.05, 0) is 157 Å². The van der Waals surface area contributed by atoms with Gasteiger partial charge in [-0.15, -0.1) is 35.1 Å². The lowest BCUT2D eigenvalue weighted by atomic mass is 9.81. The Hall–Kier alpha value is -9.91. The predicted octanol–water partition coefficient (Wildman–Crippen LogP) is 19.3. The van der Waals surface area contributed by atoms with Crippen LogP contribution in [0.1, 0.15) is 152 Å². The number of carboxylic acids is 1. The Labute approximate surface area is 609 Å². The molecule has 12 aromatic rings. The van der Waals surface area contributed by atoms with E-state index in [1.54, 1.807) is 55.4 Å². The van der Waals surface area contributed by atoms with Crippen LogP contribution < -0.4 is 39.5 Å². The first-order valence-corrected chi connectivity index (χ1v) is 36.9. The van der Waals surface area contributed by atoms with Gasteiger partial charge in [0.15, 0.2) is 0 Å². The van der Waals surface area contributed by atoms with Gasteiger partial charge in [-0.3, -0.25) is 4.79 Å². The number of fused-ring (bicyclic) bond motifs is 10. The zero-order valence-electron chi connectivity index (χ0n) is 57.5. The van der Waals surface area contributed by atoms with E-state index in [-0.39, 0.29) is 30.4 Å². The Kier molecular flexibility index (Phi) is 23.0. The van der Waals surface area contributed by atoms with Crippen molar-refractivity contribution in [1.82, 2.24) is 24.4 Å². The molecule has 4 aliphatic rings. The minimum atomic E-state index is -0.892. The maximum Gasteiger partial charge on any atom is 0.335 e. The Morgan fingerprint density at radius 1 is 0.539 bits per heavy atom. The average Bonchev–Trinajstić information content (AvgIpc) is 1.59. The summed E-state index contributed by atoms with van der Waals surface area (Å²) in [6.45, 7) is 3.58. The Morgan fingerprint density at radius 2 is 0.990 bits per heavy atom. The van der Waals surface area contributed by atoms with E-state index < -0.39 is 5.97 Å². The molecule has 1 amide bonds. The number of hydrogen-bond acceptors (Lipinski definition) is 13. The van der Waals surface area contributed by atoms with Gasteiger partial charge < -0.3 is 53.7 Å². The molecule has 18 heteroatoms.